The molecule has 0 radical (unpaired) electrons. The fraction of sp³-hybridized carbons (Fsp3) is 0.533. The molecule has 3 N–H and O–H groups in total. The van der Waals surface area contributed by atoms with Gasteiger partial charge in [-0.1, -0.05) is 13.8 Å². The lowest BCUT2D eigenvalue weighted by Gasteiger charge is -2.22. The number of hydrogen-bond donors (Lipinski definition) is 2. The number of nitrogens with two attached hydrogens (primary N) is 1. The van der Waals surface area contributed by atoms with Crippen molar-refractivity contribution in [2.75, 3.05) is 24.6 Å². The van der Waals surface area contributed by atoms with E-state index in [1.807, 2.05) is 13.8 Å². The van der Waals surface area contributed by atoms with Gasteiger partial charge in [-0.2, -0.15) is 0 Å². The van der Waals surface area contributed by atoms with Crippen LogP contribution in [-0.2, 0) is 10.0 Å². The monoisotopic (exact) mass is 381 g/mol. The Morgan fingerprint density at radius 3 is 2.46 bits per heavy atom. The molecule has 9 heteroatoms. The Kier molecular flexibility index (Phi) is 8.67. The van der Waals surface area contributed by atoms with Crippen LogP contribution in [0.3, 0.4) is 0 Å². The molecule has 0 fully saturated rings. The Hall–Kier alpha value is -1.38. The lowest BCUT2D eigenvalue weighted by molar-refractivity contribution is 0.0789. The van der Waals surface area contributed by atoms with Crippen LogP contribution in [0.1, 0.15) is 30.6 Å². The van der Waals surface area contributed by atoms with Crippen LogP contribution in [0.4, 0.5) is 10.1 Å². The Morgan fingerprint density at radius 1 is 1.38 bits per heavy atom. The summed E-state index contributed by atoms with van der Waals surface area (Å²) in [7, 11) is -2.00. The predicted molar refractivity (Wildman–Crippen MR) is 96.5 cm³/mol. The van der Waals surface area contributed by atoms with Gasteiger partial charge in [-0.05, 0) is 30.5 Å². The molecule has 0 aliphatic heterocycles. The number of benzene rings is 1. The Labute approximate surface area is 149 Å². The van der Waals surface area contributed by atoms with Crippen LogP contribution >= 0.6 is 12.4 Å². The highest BCUT2D eigenvalue weighted by atomic mass is 35.5. The minimum atomic E-state index is -3.57. The molecule has 1 unspecified atom stereocenters. The molecule has 0 spiro atoms. The smallest absolute Gasteiger partial charge is 0.255 e. The van der Waals surface area contributed by atoms with E-state index in [-0.39, 0.29) is 35.6 Å². The van der Waals surface area contributed by atoms with Crippen LogP contribution in [0.15, 0.2) is 18.2 Å². The van der Waals surface area contributed by atoms with E-state index < -0.39 is 21.7 Å². The van der Waals surface area contributed by atoms with Gasteiger partial charge in [0.2, 0.25) is 10.0 Å². The average Bonchev–Trinajstić information content (AvgIpc) is 2.43. The molecule has 1 aromatic carbocycles. The van der Waals surface area contributed by atoms with Crippen molar-refractivity contribution in [1.82, 2.24) is 4.90 Å². The van der Waals surface area contributed by atoms with Gasteiger partial charge in [0.15, 0.2) is 0 Å². The second-order valence-corrected chi connectivity index (χ2v) is 7.74. The van der Waals surface area contributed by atoms with Crippen LogP contribution < -0.4 is 10.5 Å². The van der Waals surface area contributed by atoms with Crippen molar-refractivity contribution in [3.63, 3.8) is 0 Å². The average molecular weight is 382 g/mol. The molecule has 24 heavy (non-hydrogen) atoms. The molecule has 0 aliphatic carbocycles. The van der Waals surface area contributed by atoms with Crippen LogP contribution in [0.2, 0.25) is 0 Å². The van der Waals surface area contributed by atoms with Gasteiger partial charge in [-0.3, -0.25) is 9.52 Å². The number of sulfonamides is 1. The molecule has 6 nitrogen and oxygen atoms in total. The second-order valence-electron chi connectivity index (χ2n) is 5.99. The third-order valence-corrected chi connectivity index (χ3v) is 4.10. The minimum absolute atomic E-state index is 0. The van der Waals surface area contributed by atoms with Crippen LogP contribution in [0.5, 0.6) is 0 Å². The molecule has 1 amide bonds. The van der Waals surface area contributed by atoms with Gasteiger partial charge in [0.25, 0.3) is 5.91 Å². The molecule has 0 heterocycles. The van der Waals surface area contributed by atoms with Crippen molar-refractivity contribution in [2.45, 2.75) is 26.3 Å². The summed E-state index contributed by atoms with van der Waals surface area (Å²) in [6.07, 6.45) is 1.57. The first-order valence-electron chi connectivity index (χ1n) is 7.29. The highest BCUT2D eigenvalue weighted by Crippen LogP contribution is 2.20. The quantitative estimate of drug-likeness (QED) is 0.756. The number of hydrogen-bond acceptors (Lipinski definition) is 4. The summed E-state index contributed by atoms with van der Waals surface area (Å²) in [4.78, 5) is 13.9. The molecule has 0 bridgehead atoms. The van der Waals surface area contributed by atoms with Crippen molar-refractivity contribution in [1.29, 1.82) is 0 Å². The van der Waals surface area contributed by atoms with E-state index >= 15 is 0 Å². The van der Waals surface area contributed by atoms with E-state index in [0.29, 0.717) is 13.0 Å². The zero-order valence-electron chi connectivity index (χ0n) is 14.2. The number of anilines is 1. The Bertz CT molecular complexity index is 668. The van der Waals surface area contributed by atoms with Gasteiger partial charge in [0.05, 0.1) is 17.5 Å². The fourth-order valence-electron chi connectivity index (χ4n) is 1.97. The molecule has 0 aromatic heterocycles. The molecule has 1 rings (SSSR count). The van der Waals surface area contributed by atoms with Crippen molar-refractivity contribution < 1.29 is 17.6 Å². The summed E-state index contributed by atoms with van der Waals surface area (Å²) >= 11 is 0. The highest BCUT2D eigenvalue weighted by Gasteiger charge is 2.19. The van der Waals surface area contributed by atoms with Crippen LogP contribution in [-0.4, -0.2) is 45.1 Å². The fourth-order valence-corrected chi connectivity index (χ4v) is 2.54. The molecule has 138 valence electrons. The largest absolute Gasteiger partial charge is 0.342 e. The van der Waals surface area contributed by atoms with Crippen molar-refractivity contribution in [3.05, 3.63) is 29.6 Å². The molecular weight excluding hydrogens is 357 g/mol. The van der Waals surface area contributed by atoms with Gasteiger partial charge in [-0.15, -0.1) is 12.4 Å². The van der Waals surface area contributed by atoms with Crippen molar-refractivity contribution in [2.24, 2.45) is 11.7 Å². The third kappa shape index (κ3) is 7.02. The number of rotatable bonds is 7. The summed E-state index contributed by atoms with van der Waals surface area (Å²) in [5.74, 6) is -0.790. The van der Waals surface area contributed by atoms with E-state index in [1.54, 1.807) is 7.05 Å². The van der Waals surface area contributed by atoms with E-state index in [4.69, 9.17) is 5.73 Å². The number of nitrogens with one attached hydrogen (secondary N) is 1. The zero-order chi connectivity index (χ0) is 17.8. The van der Waals surface area contributed by atoms with Crippen LogP contribution in [0.25, 0.3) is 0 Å². The zero-order valence-corrected chi connectivity index (χ0v) is 15.9. The molecule has 1 aromatic rings. The Balaban J connectivity index is 0.00000529. The van der Waals surface area contributed by atoms with Gasteiger partial charge in [0.1, 0.15) is 5.82 Å². The number of halogens is 2. The maximum atomic E-state index is 13.5. The lowest BCUT2D eigenvalue weighted by Crippen LogP contribution is -2.35. The first kappa shape index (κ1) is 22.6. The normalized spacial score (nSPS) is 12.5. The molecule has 1 atom stereocenters. The van der Waals surface area contributed by atoms with Crippen LogP contribution in [0, 0.1) is 11.7 Å². The summed E-state index contributed by atoms with van der Waals surface area (Å²) in [5, 5.41) is 0. The van der Waals surface area contributed by atoms with E-state index in [1.165, 1.54) is 11.0 Å². The van der Waals surface area contributed by atoms with Gasteiger partial charge in [-0.25, -0.2) is 12.8 Å². The third-order valence-electron chi connectivity index (χ3n) is 3.51. The molecule has 0 aliphatic rings. The van der Waals surface area contributed by atoms with Gasteiger partial charge < -0.3 is 10.6 Å². The summed E-state index contributed by atoms with van der Waals surface area (Å²) in [6, 6.07) is 3.30. The number of amides is 1. The van der Waals surface area contributed by atoms with E-state index in [9.17, 15) is 17.6 Å². The molecular formula is C15H25ClFN3O3S. The molecule has 0 saturated carbocycles. The number of carbonyl (C=O) groups excluding carboxylic acids is 1. The van der Waals surface area contributed by atoms with Crippen molar-refractivity contribution in [3.8, 4) is 0 Å². The van der Waals surface area contributed by atoms with E-state index in [0.717, 1.165) is 18.4 Å². The number of nitrogens with zero attached hydrogens (tertiary/aromatic N) is 1. The Morgan fingerprint density at radius 2 is 1.96 bits per heavy atom. The van der Waals surface area contributed by atoms with Crippen molar-refractivity contribution >= 4 is 34.0 Å². The second kappa shape index (κ2) is 9.19. The highest BCUT2D eigenvalue weighted by molar-refractivity contribution is 7.92. The number of carbonyl (C=O) groups is 1. The van der Waals surface area contributed by atoms with Gasteiger partial charge >= 0.3 is 0 Å². The summed E-state index contributed by atoms with van der Waals surface area (Å²) < 4.78 is 38.4. The minimum Gasteiger partial charge on any atom is -0.342 e. The topological polar surface area (TPSA) is 92.5 Å². The summed E-state index contributed by atoms with van der Waals surface area (Å²) in [6.45, 7) is 4.38. The predicted octanol–water partition coefficient (Wildman–Crippen LogP) is 2.06. The standard InChI is InChI=1S/C15H24FN3O3S.ClH/c1-10(2)13(17)7-8-19(3)15(20)12-9-11(16)5-6-14(12)18-23(4,21)22;/h5-6,9-10,13,18H,7-8,17H2,1-4H3;1H. The van der Waals surface area contributed by atoms with E-state index in [2.05, 4.69) is 4.72 Å². The SMILES string of the molecule is CC(C)C(N)CCN(C)C(=O)c1cc(F)ccc1NS(C)(=O)=O.Cl. The first-order valence-corrected chi connectivity index (χ1v) is 9.18. The first-order chi connectivity index (χ1) is 10.5. The summed E-state index contributed by atoms with van der Waals surface area (Å²) in [5.41, 5.74) is 5.97. The lowest BCUT2D eigenvalue weighted by atomic mass is 10.0. The maximum Gasteiger partial charge on any atom is 0.255 e. The maximum absolute atomic E-state index is 13.5. The molecule has 0 saturated heterocycles. The van der Waals surface area contributed by atoms with Gasteiger partial charge in [0, 0.05) is 19.6 Å².